The molecule has 0 bridgehead atoms. The number of methoxy groups -OCH3 is 2. The van der Waals surface area contributed by atoms with Crippen molar-refractivity contribution in [3.8, 4) is 5.75 Å². The fourth-order valence-corrected chi connectivity index (χ4v) is 4.11. The molecular weight excluding hydrogens is 527 g/mol. The number of carbonyl (C=O) groups is 3. The second-order valence-corrected chi connectivity index (χ2v) is 8.05. The smallest absolute Gasteiger partial charge is 0.466 e. The van der Waals surface area contributed by atoms with Gasteiger partial charge in [0.25, 0.3) is 0 Å². The standard InChI is InChI=1S/C22H17ClF3N3O8/c1-34-18(31)21-16(14-8-3-11(23)9-15(14)17(21)30)27-28(10-36-21)19(32)29(20(33)35-2)12-4-6-13(7-5-12)37-22(24,25)26/h3-9,17,30H,10H2,1-2H3. The molecule has 2 aromatic rings. The van der Waals surface area contributed by atoms with Crippen LogP contribution in [0.4, 0.5) is 28.4 Å². The van der Waals surface area contributed by atoms with Crippen LogP contribution in [-0.4, -0.2) is 66.8 Å². The molecule has 3 amide bonds. The predicted molar refractivity (Wildman–Crippen MR) is 119 cm³/mol. The molecule has 1 N–H and O–H groups in total. The number of aliphatic hydroxyl groups excluding tert-OH is 1. The van der Waals surface area contributed by atoms with Crippen LogP contribution in [0.3, 0.4) is 0 Å². The molecular formula is C22H17ClF3N3O8. The molecule has 1 aliphatic carbocycles. The highest BCUT2D eigenvalue weighted by Gasteiger charge is 2.61. The van der Waals surface area contributed by atoms with Crippen LogP contribution in [0.2, 0.25) is 5.02 Å². The highest BCUT2D eigenvalue weighted by Crippen LogP contribution is 2.46. The summed E-state index contributed by atoms with van der Waals surface area (Å²) in [6.45, 7) is -0.723. The maximum atomic E-state index is 13.3. The molecule has 11 nitrogen and oxygen atoms in total. The molecule has 15 heteroatoms. The number of halogens is 4. The van der Waals surface area contributed by atoms with Crippen LogP contribution in [-0.2, 0) is 19.0 Å². The number of anilines is 1. The second kappa shape index (κ2) is 9.53. The molecule has 0 radical (unpaired) electrons. The van der Waals surface area contributed by atoms with Crippen molar-refractivity contribution in [1.29, 1.82) is 0 Å². The van der Waals surface area contributed by atoms with Gasteiger partial charge in [0.15, 0.2) is 0 Å². The van der Waals surface area contributed by atoms with Gasteiger partial charge in [-0.05, 0) is 42.0 Å². The summed E-state index contributed by atoms with van der Waals surface area (Å²) in [6, 6.07) is 6.99. The summed E-state index contributed by atoms with van der Waals surface area (Å²) < 4.78 is 56.4. The number of ether oxygens (including phenoxy) is 4. The maximum absolute atomic E-state index is 13.3. The molecule has 37 heavy (non-hydrogen) atoms. The zero-order valence-electron chi connectivity index (χ0n) is 19.0. The predicted octanol–water partition coefficient (Wildman–Crippen LogP) is 3.58. The lowest BCUT2D eigenvalue weighted by molar-refractivity contribution is -0.274. The van der Waals surface area contributed by atoms with E-state index < -0.39 is 48.6 Å². The number of urea groups is 1. The fourth-order valence-electron chi connectivity index (χ4n) is 3.93. The highest BCUT2D eigenvalue weighted by atomic mass is 35.5. The van der Waals surface area contributed by atoms with Gasteiger partial charge >= 0.3 is 24.5 Å². The van der Waals surface area contributed by atoms with Crippen molar-refractivity contribution in [2.24, 2.45) is 5.10 Å². The van der Waals surface area contributed by atoms with Gasteiger partial charge in [0.2, 0.25) is 5.60 Å². The van der Waals surface area contributed by atoms with Crippen molar-refractivity contribution in [1.82, 2.24) is 5.01 Å². The van der Waals surface area contributed by atoms with Crippen molar-refractivity contribution in [3.05, 3.63) is 58.6 Å². The topological polar surface area (TPSA) is 127 Å². The third kappa shape index (κ3) is 4.54. The third-order valence-electron chi connectivity index (χ3n) is 5.52. The number of carbonyl (C=O) groups excluding carboxylic acids is 3. The van der Waals surface area contributed by atoms with Gasteiger partial charge in [0.1, 0.15) is 24.3 Å². The van der Waals surface area contributed by atoms with Gasteiger partial charge in [-0.15, -0.1) is 13.2 Å². The van der Waals surface area contributed by atoms with Crippen molar-refractivity contribution in [3.63, 3.8) is 0 Å². The van der Waals surface area contributed by atoms with Gasteiger partial charge < -0.3 is 24.1 Å². The van der Waals surface area contributed by atoms with Gasteiger partial charge in [0.05, 0.1) is 19.9 Å². The number of amides is 3. The molecule has 2 aromatic carbocycles. The Kier molecular flexibility index (Phi) is 6.75. The van der Waals surface area contributed by atoms with E-state index in [9.17, 15) is 32.7 Å². The van der Waals surface area contributed by atoms with Gasteiger partial charge in [-0.25, -0.2) is 14.4 Å². The van der Waals surface area contributed by atoms with Crippen molar-refractivity contribution in [2.45, 2.75) is 18.1 Å². The summed E-state index contributed by atoms with van der Waals surface area (Å²) in [5.74, 6) is -1.59. The minimum absolute atomic E-state index is 0.183. The number of imide groups is 1. The molecule has 2 aliphatic rings. The molecule has 196 valence electrons. The Labute approximate surface area is 211 Å². The molecule has 1 aliphatic heterocycles. The summed E-state index contributed by atoms with van der Waals surface area (Å²) in [5, 5.41) is 16.1. The van der Waals surface area contributed by atoms with Crippen molar-refractivity contribution >= 4 is 41.1 Å². The maximum Gasteiger partial charge on any atom is 0.573 e. The number of nitrogens with zero attached hydrogens (tertiary/aromatic N) is 3. The Morgan fingerprint density at radius 1 is 1.16 bits per heavy atom. The first kappa shape index (κ1) is 26.2. The molecule has 0 fully saturated rings. The molecule has 4 rings (SSSR count). The first-order valence-electron chi connectivity index (χ1n) is 10.3. The molecule has 0 saturated carbocycles. The quantitative estimate of drug-likeness (QED) is 0.582. The van der Waals surface area contributed by atoms with Crippen LogP contribution in [0, 0.1) is 0 Å². The molecule has 0 spiro atoms. The lowest BCUT2D eigenvalue weighted by atomic mass is 9.95. The summed E-state index contributed by atoms with van der Waals surface area (Å²) in [6.07, 6.45) is -7.72. The number of esters is 1. The minimum Gasteiger partial charge on any atom is -0.466 e. The van der Waals surface area contributed by atoms with E-state index in [-0.39, 0.29) is 27.5 Å². The van der Waals surface area contributed by atoms with E-state index in [1.807, 2.05) is 0 Å². The summed E-state index contributed by atoms with van der Waals surface area (Å²) >= 11 is 6.03. The fraction of sp³-hybridized carbons (Fsp3) is 0.273. The van der Waals surface area contributed by atoms with Crippen molar-refractivity contribution < 1.29 is 51.6 Å². The van der Waals surface area contributed by atoms with Crippen LogP contribution in [0.1, 0.15) is 17.2 Å². The highest BCUT2D eigenvalue weighted by molar-refractivity contribution is 6.31. The Hall–Kier alpha value is -3.88. The summed E-state index contributed by atoms with van der Waals surface area (Å²) in [5.41, 5.74) is -2.06. The molecule has 1 heterocycles. The van der Waals surface area contributed by atoms with E-state index in [1.165, 1.54) is 18.2 Å². The Balaban J connectivity index is 1.74. The number of hydrogen-bond acceptors (Lipinski definition) is 9. The van der Waals surface area contributed by atoms with E-state index >= 15 is 0 Å². The SMILES string of the molecule is COC(=O)N(C(=O)N1COC2(C(=O)OC)C(=N1)c1ccc(Cl)cc1C2O)c1ccc(OC(F)(F)F)cc1. The monoisotopic (exact) mass is 543 g/mol. The number of benzene rings is 2. The Bertz CT molecular complexity index is 1290. The van der Waals surface area contributed by atoms with Crippen LogP contribution in [0.25, 0.3) is 0 Å². The van der Waals surface area contributed by atoms with Crippen LogP contribution in [0.5, 0.6) is 5.75 Å². The third-order valence-corrected chi connectivity index (χ3v) is 5.76. The number of fused-ring (bicyclic) bond motifs is 3. The number of alkyl halides is 3. The number of hydrogen-bond donors (Lipinski definition) is 1. The number of hydrazone groups is 1. The lowest BCUT2D eigenvalue weighted by Crippen LogP contribution is -2.58. The second-order valence-electron chi connectivity index (χ2n) is 7.61. The number of rotatable bonds is 3. The average Bonchev–Trinajstić information content (AvgIpc) is 3.11. The average molecular weight is 544 g/mol. The van der Waals surface area contributed by atoms with Gasteiger partial charge in [-0.2, -0.15) is 15.0 Å². The Morgan fingerprint density at radius 3 is 2.43 bits per heavy atom. The zero-order chi connectivity index (χ0) is 27.1. The van der Waals surface area contributed by atoms with Crippen LogP contribution in [0.15, 0.2) is 47.6 Å². The molecule has 0 aromatic heterocycles. The van der Waals surface area contributed by atoms with E-state index in [1.54, 1.807) is 0 Å². The van der Waals surface area contributed by atoms with Gasteiger partial charge in [-0.3, -0.25) is 0 Å². The largest absolute Gasteiger partial charge is 0.573 e. The zero-order valence-corrected chi connectivity index (χ0v) is 19.7. The van der Waals surface area contributed by atoms with E-state index in [4.69, 9.17) is 21.1 Å². The van der Waals surface area contributed by atoms with E-state index in [2.05, 4.69) is 14.6 Å². The first-order valence-corrected chi connectivity index (χ1v) is 10.7. The molecule has 2 atom stereocenters. The summed E-state index contributed by atoms with van der Waals surface area (Å²) in [4.78, 5) is 39.0. The minimum atomic E-state index is -4.95. The van der Waals surface area contributed by atoms with Gasteiger partial charge in [-0.1, -0.05) is 17.7 Å². The molecule has 0 saturated heterocycles. The van der Waals surface area contributed by atoms with E-state index in [0.29, 0.717) is 9.91 Å². The van der Waals surface area contributed by atoms with Crippen LogP contribution >= 0.6 is 11.6 Å². The summed E-state index contributed by atoms with van der Waals surface area (Å²) in [7, 11) is 2.06. The van der Waals surface area contributed by atoms with Crippen LogP contribution < -0.4 is 9.64 Å². The Morgan fingerprint density at radius 2 is 1.84 bits per heavy atom. The lowest BCUT2D eigenvalue weighted by Gasteiger charge is -2.37. The normalized spacial score (nSPS) is 20.4. The first-order chi connectivity index (χ1) is 17.4. The number of aliphatic hydroxyl groups is 1. The van der Waals surface area contributed by atoms with Crippen molar-refractivity contribution in [2.75, 3.05) is 25.9 Å². The van der Waals surface area contributed by atoms with E-state index in [0.717, 1.165) is 38.5 Å². The van der Waals surface area contributed by atoms with Gasteiger partial charge in [0, 0.05) is 10.6 Å². The molecule has 2 unspecified atom stereocenters.